The number of carbonyl (C=O) groups excluding carboxylic acids is 1. The van der Waals surface area contributed by atoms with Crippen LogP contribution < -0.4 is 9.47 Å². The summed E-state index contributed by atoms with van der Waals surface area (Å²) in [5.41, 5.74) is 1.16. The number of rotatable bonds is 6. The number of carbonyl (C=O) groups is 1. The number of hydrogen-bond acceptors (Lipinski definition) is 3. The first-order valence-corrected chi connectivity index (χ1v) is 11.2. The Hall–Kier alpha value is -3.28. The number of ether oxygens (including phenoxy) is 2. The first kappa shape index (κ1) is 22.9. The molecular formula is C27H25F3O3. The van der Waals surface area contributed by atoms with E-state index in [-0.39, 0.29) is 22.8 Å². The molecule has 0 aromatic heterocycles. The van der Waals surface area contributed by atoms with Gasteiger partial charge in [0.05, 0.1) is 12.2 Å². The Kier molecular flexibility index (Phi) is 7.02. The number of benzene rings is 3. The van der Waals surface area contributed by atoms with E-state index in [4.69, 9.17) is 9.47 Å². The van der Waals surface area contributed by atoms with Crippen LogP contribution in [0.4, 0.5) is 13.2 Å². The summed E-state index contributed by atoms with van der Waals surface area (Å²) < 4.78 is 54.2. The van der Waals surface area contributed by atoms with Gasteiger partial charge in [-0.2, -0.15) is 0 Å². The molecule has 33 heavy (non-hydrogen) atoms. The highest BCUT2D eigenvalue weighted by molar-refractivity contribution is 5.91. The quantitative estimate of drug-likeness (QED) is 0.287. The van der Waals surface area contributed by atoms with E-state index in [0.717, 1.165) is 38.2 Å². The molecule has 1 fully saturated rings. The average molecular weight is 454 g/mol. The Morgan fingerprint density at radius 3 is 2.30 bits per heavy atom. The van der Waals surface area contributed by atoms with Gasteiger partial charge in [0.25, 0.3) is 0 Å². The van der Waals surface area contributed by atoms with Crippen LogP contribution in [0.25, 0.3) is 11.1 Å². The fourth-order valence-electron chi connectivity index (χ4n) is 4.28. The summed E-state index contributed by atoms with van der Waals surface area (Å²) in [6.45, 7) is 2.17. The standard InChI is InChI=1S/C27H25F3O3/c1-2-32-20-12-15-24(23(28)16-20)33-27(31)19-10-8-18(9-11-19)22-14-13-21(25(29)26(22)30)17-6-4-3-5-7-17/h8-17H,2-7H2,1H3. The number of halogens is 3. The smallest absolute Gasteiger partial charge is 0.343 e. The van der Waals surface area contributed by atoms with Crippen molar-refractivity contribution in [2.75, 3.05) is 6.61 Å². The second kappa shape index (κ2) is 10.1. The lowest BCUT2D eigenvalue weighted by Crippen LogP contribution is -2.10. The highest BCUT2D eigenvalue weighted by atomic mass is 19.2. The van der Waals surface area contributed by atoms with Gasteiger partial charge in [0.15, 0.2) is 23.2 Å². The lowest BCUT2D eigenvalue weighted by molar-refractivity contribution is 0.0727. The average Bonchev–Trinajstić information content (AvgIpc) is 2.83. The molecule has 0 amide bonds. The Labute approximate surface area is 191 Å². The van der Waals surface area contributed by atoms with Crippen molar-refractivity contribution >= 4 is 5.97 Å². The molecule has 1 saturated carbocycles. The summed E-state index contributed by atoms with van der Waals surface area (Å²) in [7, 11) is 0. The zero-order valence-corrected chi connectivity index (χ0v) is 18.4. The van der Waals surface area contributed by atoms with Crippen molar-refractivity contribution in [2.24, 2.45) is 0 Å². The zero-order valence-electron chi connectivity index (χ0n) is 18.4. The van der Waals surface area contributed by atoms with Gasteiger partial charge in [-0.15, -0.1) is 0 Å². The molecule has 0 radical (unpaired) electrons. The molecule has 0 spiro atoms. The largest absolute Gasteiger partial charge is 0.494 e. The van der Waals surface area contributed by atoms with Crippen LogP contribution >= 0.6 is 0 Å². The monoisotopic (exact) mass is 454 g/mol. The van der Waals surface area contributed by atoms with Gasteiger partial charge in [-0.3, -0.25) is 0 Å². The minimum absolute atomic E-state index is 0.0578. The molecular weight excluding hydrogens is 429 g/mol. The van der Waals surface area contributed by atoms with Crippen molar-refractivity contribution < 1.29 is 27.4 Å². The van der Waals surface area contributed by atoms with E-state index in [2.05, 4.69) is 0 Å². The lowest BCUT2D eigenvalue weighted by atomic mass is 9.83. The first-order chi connectivity index (χ1) is 16.0. The second-order valence-electron chi connectivity index (χ2n) is 8.16. The topological polar surface area (TPSA) is 35.5 Å². The van der Waals surface area contributed by atoms with Crippen LogP contribution in [0.3, 0.4) is 0 Å². The molecule has 3 aromatic carbocycles. The summed E-state index contributed by atoms with van der Waals surface area (Å²) in [5.74, 6) is -2.99. The third-order valence-corrected chi connectivity index (χ3v) is 6.01. The van der Waals surface area contributed by atoms with Crippen LogP contribution in [-0.4, -0.2) is 12.6 Å². The fraction of sp³-hybridized carbons (Fsp3) is 0.296. The van der Waals surface area contributed by atoms with Crippen LogP contribution in [0.15, 0.2) is 54.6 Å². The van der Waals surface area contributed by atoms with Crippen molar-refractivity contribution in [2.45, 2.75) is 44.9 Å². The minimum Gasteiger partial charge on any atom is -0.494 e. The molecule has 1 aliphatic carbocycles. The maximum atomic E-state index is 14.9. The Bertz CT molecular complexity index is 1140. The summed E-state index contributed by atoms with van der Waals surface area (Å²) in [6.07, 6.45) is 4.96. The van der Waals surface area contributed by atoms with Crippen molar-refractivity contribution in [3.63, 3.8) is 0 Å². The molecule has 3 aromatic rings. The van der Waals surface area contributed by atoms with E-state index >= 15 is 0 Å². The molecule has 1 aliphatic rings. The Morgan fingerprint density at radius 2 is 1.64 bits per heavy atom. The molecule has 172 valence electrons. The van der Waals surface area contributed by atoms with Crippen LogP contribution in [-0.2, 0) is 0 Å². The first-order valence-electron chi connectivity index (χ1n) is 11.2. The zero-order chi connectivity index (χ0) is 23.4. The second-order valence-corrected chi connectivity index (χ2v) is 8.16. The van der Waals surface area contributed by atoms with E-state index < -0.39 is 23.4 Å². The third kappa shape index (κ3) is 5.05. The van der Waals surface area contributed by atoms with Gasteiger partial charge in [0.1, 0.15) is 5.75 Å². The summed E-state index contributed by atoms with van der Waals surface area (Å²) in [6, 6.07) is 13.1. The van der Waals surface area contributed by atoms with E-state index in [9.17, 15) is 18.0 Å². The minimum atomic E-state index is -0.884. The number of hydrogen-bond donors (Lipinski definition) is 0. The van der Waals surface area contributed by atoms with Gasteiger partial charge in [-0.1, -0.05) is 43.5 Å². The summed E-state index contributed by atoms with van der Waals surface area (Å²) >= 11 is 0. The molecule has 0 atom stereocenters. The van der Waals surface area contributed by atoms with Crippen molar-refractivity contribution in [3.8, 4) is 22.6 Å². The number of esters is 1. The molecule has 6 heteroatoms. The summed E-state index contributed by atoms with van der Waals surface area (Å²) in [5, 5.41) is 0. The van der Waals surface area contributed by atoms with Crippen molar-refractivity contribution in [3.05, 3.63) is 83.2 Å². The van der Waals surface area contributed by atoms with Crippen LogP contribution in [0, 0.1) is 17.5 Å². The van der Waals surface area contributed by atoms with E-state index in [0.29, 0.717) is 23.5 Å². The highest BCUT2D eigenvalue weighted by Crippen LogP contribution is 2.37. The van der Waals surface area contributed by atoms with Gasteiger partial charge >= 0.3 is 5.97 Å². The van der Waals surface area contributed by atoms with Gasteiger partial charge in [0, 0.05) is 11.6 Å². The van der Waals surface area contributed by atoms with Crippen LogP contribution in [0.1, 0.15) is 60.9 Å². The molecule has 0 N–H and O–H groups in total. The molecule has 0 bridgehead atoms. The molecule has 3 nitrogen and oxygen atoms in total. The predicted molar refractivity (Wildman–Crippen MR) is 120 cm³/mol. The maximum Gasteiger partial charge on any atom is 0.343 e. The molecule has 0 unspecified atom stereocenters. The highest BCUT2D eigenvalue weighted by Gasteiger charge is 2.23. The fourth-order valence-corrected chi connectivity index (χ4v) is 4.28. The normalized spacial score (nSPS) is 14.2. The molecule has 0 heterocycles. The maximum absolute atomic E-state index is 14.9. The van der Waals surface area contributed by atoms with Gasteiger partial charge in [-0.25, -0.2) is 18.0 Å². The SMILES string of the molecule is CCOc1ccc(OC(=O)c2ccc(-c3ccc(C4CCCCC4)c(F)c3F)cc2)c(F)c1. The molecule has 0 saturated heterocycles. The Morgan fingerprint density at radius 1 is 0.909 bits per heavy atom. The van der Waals surface area contributed by atoms with Crippen LogP contribution in [0.5, 0.6) is 11.5 Å². The summed E-state index contributed by atoms with van der Waals surface area (Å²) in [4.78, 5) is 12.4. The van der Waals surface area contributed by atoms with Crippen molar-refractivity contribution in [1.29, 1.82) is 0 Å². The van der Waals surface area contributed by atoms with Gasteiger partial charge in [0.2, 0.25) is 0 Å². The van der Waals surface area contributed by atoms with Crippen molar-refractivity contribution in [1.82, 2.24) is 0 Å². The van der Waals surface area contributed by atoms with E-state index in [1.807, 2.05) is 0 Å². The lowest BCUT2D eigenvalue weighted by Gasteiger charge is -2.23. The predicted octanol–water partition coefficient (Wildman–Crippen LogP) is 7.44. The van der Waals surface area contributed by atoms with E-state index in [1.54, 1.807) is 19.1 Å². The Balaban J connectivity index is 1.50. The third-order valence-electron chi connectivity index (χ3n) is 6.01. The van der Waals surface area contributed by atoms with Crippen LogP contribution in [0.2, 0.25) is 0 Å². The molecule has 0 aliphatic heterocycles. The van der Waals surface area contributed by atoms with E-state index in [1.165, 1.54) is 36.4 Å². The van der Waals surface area contributed by atoms with Gasteiger partial charge in [-0.05, 0) is 61.1 Å². The molecule has 4 rings (SSSR count). The van der Waals surface area contributed by atoms with Gasteiger partial charge < -0.3 is 9.47 Å².